The van der Waals surface area contributed by atoms with Gasteiger partial charge in [0.05, 0.1) is 17.7 Å². The predicted molar refractivity (Wildman–Crippen MR) is 108 cm³/mol. The van der Waals surface area contributed by atoms with Crippen LogP contribution in [0.5, 0.6) is 5.75 Å². The van der Waals surface area contributed by atoms with Gasteiger partial charge in [0.2, 0.25) is 0 Å². The molecule has 1 aromatic carbocycles. The van der Waals surface area contributed by atoms with Crippen molar-refractivity contribution in [1.29, 1.82) is 0 Å². The van der Waals surface area contributed by atoms with Crippen molar-refractivity contribution in [3.8, 4) is 5.75 Å². The first-order valence-electron chi connectivity index (χ1n) is 9.62. The van der Waals surface area contributed by atoms with Crippen LogP contribution >= 0.6 is 11.6 Å². The van der Waals surface area contributed by atoms with E-state index in [0.29, 0.717) is 27.9 Å². The molecule has 1 unspecified atom stereocenters. The number of aliphatic hydroxyl groups excluding tert-OH is 1. The van der Waals surface area contributed by atoms with Gasteiger partial charge in [-0.2, -0.15) is 0 Å². The van der Waals surface area contributed by atoms with E-state index in [9.17, 15) is 14.7 Å². The summed E-state index contributed by atoms with van der Waals surface area (Å²) in [5, 5.41) is 11.3. The first-order valence-corrected chi connectivity index (χ1v) is 10.0. The van der Waals surface area contributed by atoms with E-state index >= 15 is 0 Å². The zero-order valence-corrected chi connectivity index (χ0v) is 17.0. The van der Waals surface area contributed by atoms with Crippen LogP contribution in [-0.4, -0.2) is 34.8 Å². The minimum Gasteiger partial charge on any atom is -0.507 e. The highest BCUT2D eigenvalue weighted by molar-refractivity contribution is 6.46. The van der Waals surface area contributed by atoms with E-state index in [1.54, 1.807) is 36.1 Å². The normalized spacial score (nSPS) is 21.9. The Labute approximate surface area is 173 Å². The summed E-state index contributed by atoms with van der Waals surface area (Å²) in [7, 11) is 1.49. The number of amides is 1. The molecule has 2 fully saturated rings. The van der Waals surface area contributed by atoms with E-state index in [1.807, 2.05) is 0 Å². The summed E-state index contributed by atoms with van der Waals surface area (Å²) in [5.41, 5.74) is 0.367. The first kappa shape index (κ1) is 19.6. The topological polar surface area (TPSA) is 80.0 Å². The number of Topliss-reactive ketones (excluding diaryl/α,β-unsaturated/α-hetero) is 1. The van der Waals surface area contributed by atoms with Crippen molar-refractivity contribution in [2.75, 3.05) is 7.11 Å². The van der Waals surface area contributed by atoms with Crippen LogP contribution in [0.25, 0.3) is 5.76 Å². The summed E-state index contributed by atoms with van der Waals surface area (Å²) in [6.45, 7) is 1.80. The molecule has 7 heteroatoms. The molecule has 4 rings (SSSR count). The molecule has 1 saturated carbocycles. The smallest absolute Gasteiger partial charge is 0.296 e. The lowest BCUT2D eigenvalue weighted by molar-refractivity contribution is -0.141. The van der Waals surface area contributed by atoms with Gasteiger partial charge in [0.1, 0.15) is 29.1 Å². The number of benzene rings is 1. The monoisotopic (exact) mass is 415 g/mol. The number of ether oxygens (including phenoxy) is 1. The van der Waals surface area contributed by atoms with Crippen LogP contribution in [0, 0.1) is 6.92 Å². The molecular formula is C22H22ClNO5. The summed E-state index contributed by atoms with van der Waals surface area (Å²) >= 11 is 6.19. The zero-order valence-electron chi connectivity index (χ0n) is 16.3. The summed E-state index contributed by atoms with van der Waals surface area (Å²) in [6, 6.07) is 7.46. The van der Waals surface area contributed by atoms with Gasteiger partial charge >= 0.3 is 0 Å². The van der Waals surface area contributed by atoms with Gasteiger partial charge in [-0.05, 0) is 50.1 Å². The highest BCUT2D eigenvalue weighted by Gasteiger charge is 2.50. The molecule has 152 valence electrons. The van der Waals surface area contributed by atoms with Gasteiger partial charge in [-0.3, -0.25) is 9.59 Å². The number of halogens is 1. The number of methoxy groups -OCH3 is 1. The van der Waals surface area contributed by atoms with Gasteiger partial charge in [0, 0.05) is 11.6 Å². The van der Waals surface area contributed by atoms with Crippen molar-refractivity contribution in [2.45, 2.75) is 44.7 Å². The molecule has 1 aliphatic heterocycles. The van der Waals surface area contributed by atoms with Crippen LogP contribution in [0.1, 0.15) is 48.8 Å². The van der Waals surface area contributed by atoms with Crippen molar-refractivity contribution >= 4 is 29.1 Å². The Morgan fingerprint density at radius 1 is 1.21 bits per heavy atom. The van der Waals surface area contributed by atoms with Crippen LogP contribution in [-0.2, 0) is 9.59 Å². The lowest BCUT2D eigenvalue weighted by Crippen LogP contribution is -2.37. The Balaban J connectivity index is 1.86. The number of hydrogen-bond acceptors (Lipinski definition) is 5. The van der Waals surface area contributed by atoms with Gasteiger partial charge < -0.3 is 19.2 Å². The molecule has 2 aliphatic rings. The molecule has 1 atom stereocenters. The van der Waals surface area contributed by atoms with Crippen molar-refractivity contribution in [2.24, 2.45) is 0 Å². The molecule has 2 aromatic rings. The molecule has 6 nitrogen and oxygen atoms in total. The number of furan rings is 1. The van der Waals surface area contributed by atoms with Crippen molar-refractivity contribution in [3.05, 3.63) is 58.0 Å². The third-order valence-corrected chi connectivity index (χ3v) is 5.95. The molecule has 1 aromatic heterocycles. The zero-order chi connectivity index (χ0) is 20.7. The fraction of sp³-hybridized carbons (Fsp3) is 0.364. The number of aryl methyl sites for hydroxylation is 1. The van der Waals surface area contributed by atoms with Crippen LogP contribution in [0.4, 0.5) is 0 Å². The van der Waals surface area contributed by atoms with Crippen LogP contribution in [0.15, 0.2) is 40.3 Å². The Hall–Kier alpha value is -2.73. The standard InChI is InChI=1S/C22H22ClNO5/c1-12-7-9-17(29-12)19-18(20(25)13-8-10-16(28-2)15(23)11-13)21(26)22(27)24(19)14-5-3-4-6-14/h7-11,14,19,25H,3-6H2,1-2H3/b20-18-. The second kappa shape index (κ2) is 7.59. The van der Waals surface area contributed by atoms with Crippen LogP contribution in [0.2, 0.25) is 5.02 Å². The van der Waals surface area contributed by atoms with Crippen molar-refractivity contribution < 1.29 is 23.8 Å². The van der Waals surface area contributed by atoms with E-state index in [0.717, 1.165) is 25.7 Å². The minimum atomic E-state index is -0.757. The Kier molecular flexibility index (Phi) is 5.13. The number of nitrogens with zero attached hydrogens (tertiary/aromatic N) is 1. The average molecular weight is 416 g/mol. The largest absolute Gasteiger partial charge is 0.507 e. The predicted octanol–water partition coefficient (Wildman–Crippen LogP) is 4.61. The highest BCUT2D eigenvalue weighted by Crippen LogP contribution is 2.44. The number of carbonyl (C=O) groups excluding carboxylic acids is 2. The number of carbonyl (C=O) groups is 2. The molecule has 1 N–H and O–H groups in total. The average Bonchev–Trinajstić information content (AvgIpc) is 3.42. The summed E-state index contributed by atoms with van der Waals surface area (Å²) in [5.74, 6) is 0.0112. The van der Waals surface area contributed by atoms with Gasteiger partial charge in [0.15, 0.2) is 0 Å². The lowest BCUT2D eigenvalue weighted by Gasteiger charge is -2.29. The minimum absolute atomic E-state index is 0.0254. The number of ketones is 1. The van der Waals surface area contributed by atoms with Crippen molar-refractivity contribution in [3.63, 3.8) is 0 Å². The molecule has 1 saturated heterocycles. The van der Waals surface area contributed by atoms with E-state index in [-0.39, 0.29) is 17.4 Å². The highest BCUT2D eigenvalue weighted by atomic mass is 35.5. The summed E-state index contributed by atoms with van der Waals surface area (Å²) < 4.78 is 10.9. The van der Waals surface area contributed by atoms with Crippen molar-refractivity contribution in [1.82, 2.24) is 4.90 Å². The lowest BCUT2D eigenvalue weighted by atomic mass is 9.98. The van der Waals surface area contributed by atoms with Gasteiger partial charge in [-0.15, -0.1) is 0 Å². The molecule has 2 heterocycles. The first-order chi connectivity index (χ1) is 13.9. The maximum atomic E-state index is 13.0. The summed E-state index contributed by atoms with van der Waals surface area (Å²) in [6.07, 6.45) is 3.67. The number of rotatable bonds is 4. The number of hydrogen-bond donors (Lipinski definition) is 1. The molecule has 1 aliphatic carbocycles. The molecule has 0 bridgehead atoms. The quantitative estimate of drug-likeness (QED) is 0.448. The number of likely N-dealkylation sites (tertiary alicyclic amines) is 1. The van der Waals surface area contributed by atoms with E-state index < -0.39 is 17.7 Å². The second-order valence-corrected chi connectivity index (χ2v) is 7.85. The van der Waals surface area contributed by atoms with E-state index in [1.165, 1.54) is 13.2 Å². The van der Waals surface area contributed by atoms with E-state index in [4.69, 9.17) is 20.8 Å². The maximum absolute atomic E-state index is 13.0. The molecule has 1 amide bonds. The second-order valence-electron chi connectivity index (χ2n) is 7.44. The maximum Gasteiger partial charge on any atom is 0.296 e. The molecule has 0 spiro atoms. The van der Waals surface area contributed by atoms with Gasteiger partial charge in [-0.25, -0.2) is 0 Å². The SMILES string of the molecule is COc1ccc(/C(O)=C2/C(=O)C(=O)N(C3CCCC3)C2c2ccc(C)o2)cc1Cl. The van der Waals surface area contributed by atoms with E-state index in [2.05, 4.69) is 0 Å². The molecule has 29 heavy (non-hydrogen) atoms. The van der Waals surface area contributed by atoms with Gasteiger partial charge in [0.25, 0.3) is 11.7 Å². The molecule has 0 radical (unpaired) electrons. The fourth-order valence-corrected chi connectivity index (χ4v) is 4.52. The fourth-order valence-electron chi connectivity index (χ4n) is 4.26. The Morgan fingerprint density at radius 2 is 1.93 bits per heavy atom. The molecular weight excluding hydrogens is 394 g/mol. The Morgan fingerprint density at radius 3 is 2.52 bits per heavy atom. The van der Waals surface area contributed by atoms with Gasteiger partial charge in [-0.1, -0.05) is 24.4 Å². The third kappa shape index (κ3) is 3.31. The van der Waals surface area contributed by atoms with Crippen LogP contribution < -0.4 is 4.74 Å². The number of aliphatic hydroxyl groups is 1. The third-order valence-electron chi connectivity index (χ3n) is 5.65. The van der Waals surface area contributed by atoms with Crippen LogP contribution in [0.3, 0.4) is 0 Å². The Bertz CT molecular complexity index is 1000. The summed E-state index contributed by atoms with van der Waals surface area (Å²) in [4.78, 5) is 27.5.